The second-order valence-electron chi connectivity index (χ2n) is 4.70. The Labute approximate surface area is 102 Å². The van der Waals surface area contributed by atoms with Gasteiger partial charge in [-0.3, -0.25) is 0 Å². The molecular weight excluding hydrogens is 240 g/mol. The van der Waals surface area contributed by atoms with Crippen LogP contribution < -0.4 is 10.0 Å². The Bertz CT molecular complexity index is 489. The van der Waals surface area contributed by atoms with Gasteiger partial charge in [0.05, 0.1) is 6.54 Å². The van der Waals surface area contributed by atoms with Gasteiger partial charge in [0, 0.05) is 5.54 Å². The molecule has 1 aromatic heterocycles. The molecule has 17 heavy (non-hydrogen) atoms. The van der Waals surface area contributed by atoms with Gasteiger partial charge in [0.15, 0.2) is 0 Å². The van der Waals surface area contributed by atoms with E-state index in [-0.39, 0.29) is 10.6 Å². The molecule has 0 saturated heterocycles. The first-order chi connectivity index (χ1) is 7.95. The molecule has 1 aliphatic rings. The van der Waals surface area contributed by atoms with E-state index in [0.29, 0.717) is 12.3 Å². The quantitative estimate of drug-likeness (QED) is 0.833. The highest BCUT2D eigenvalue weighted by molar-refractivity contribution is 7.89. The molecule has 0 unspecified atom stereocenters. The Kier molecular flexibility index (Phi) is 3.29. The van der Waals surface area contributed by atoms with Gasteiger partial charge in [0.25, 0.3) is 10.0 Å². The van der Waals surface area contributed by atoms with E-state index in [2.05, 4.69) is 17.0 Å². The molecule has 0 atom stereocenters. The van der Waals surface area contributed by atoms with E-state index < -0.39 is 10.0 Å². The number of rotatable bonds is 5. The van der Waals surface area contributed by atoms with Crippen molar-refractivity contribution in [3.63, 3.8) is 0 Å². The number of sulfonamides is 1. The van der Waals surface area contributed by atoms with Crippen LogP contribution in [0.15, 0.2) is 21.6 Å². The highest BCUT2D eigenvalue weighted by Crippen LogP contribution is 2.31. The number of hydrogen-bond acceptors (Lipinski definition) is 4. The smallest absolute Gasteiger partial charge is 0.273 e. The minimum absolute atomic E-state index is 0.0319. The molecule has 1 heterocycles. The molecule has 2 rings (SSSR count). The third kappa shape index (κ3) is 2.70. The maximum absolute atomic E-state index is 11.5. The first kappa shape index (κ1) is 12.6. The molecule has 0 amide bonds. The Balaban J connectivity index is 1.99. The minimum atomic E-state index is -3.47. The molecule has 0 radical (unpaired) electrons. The Hall–Kier alpha value is -0.850. The second-order valence-corrected chi connectivity index (χ2v) is 6.51. The van der Waals surface area contributed by atoms with E-state index in [4.69, 9.17) is 4.42 Å². The normalized spacial score (nSPS) is 18.9. The Morgan fingerprint density at radius 3 is 2.65 bits per heavy atom. The maximum Gasteiger partial charge on any atom is 0.273 e. The average Bonchev–Trinajstić information content (AvgIpc) is 2.73. The van der Waals surface area contributed by atoms with E-state index in [1.165, 1.54) is 19.5 Å². The molecule has 1 saturated carbocycles. The van der Waals surface area contributed by atoms with Crippen LogP contribution in [0.25, 0.3) is 0 Å². The molecule has 0 bridgehead atoms. The zero-order valence-corrected chi connectivity index (χ0v) is 10.9. The summed E-state index contributed by atoms with van der Waals surface area (Å²) in [5.41, 5.74) is 0.189. The summed E-state index contributed by atoms with van der Waals surface area (Å²) in [4.78, 5) is 0. The zero-order valence-electron chi connectivity index (χ0n) is 10.1. The second kappa shape index (κ2) is 4.44. The van der Waals surface area contributed by atoms with E-state index in [1.807, 2.05) is 0 Å². The lowest BCUT2D eigenvalue weighted by Crippen LogP contribution is -2.47. The lowest BCUT2D eigenvalue weighted by Gasteiger charge is -2.39. The predicted molar refractivity (Wildman–Crippen MR) is 64.0 cm³/mol. The minimum Gasteiger partial charge on any atom is -0.447 e. The van der Waals surface area contributed by atoms with Crippen LogP contribution in [0.2, 0.25) is 0 Å². The van der Waals surface area contributed by atoms with Crippen LogP contribution in [0.1, 0.15) is 31.9 Å². The summed E-state index contributed by atoms with van der Waals surface area (Å²) >= 11 is 0. The third-order valence-electron chi connectivity index (χ3n) is 3.32. The van der Waals surface area contributed by atoms with Crippen molar-refractivity contribution in [3.8, 4) is 0 Å². The van der Waals surface area contributed by atoms with Gasteiger partial charge in [-0.2, -0.15) is 0 Å². The fourth-order valence-electron chi connectivity index (χ4n) is 1.88. The number of furan rings is 1. The Morgan fingerprint density at radius 2 is 2.12 bits per heavy atom. The van der Waals surface area contributed by atoms with Crippen molar-refractivity contribution >= 4 is 10.0 Å². The van der Waals surface area contributed by atoms with Gasteiger partial charge >= 0.3 is 0 Å². The van der Waals surface area contributed by atoms with Crippen LogP contribution >= 0.6 is 0 Å². The largest absolute Gasteiger partial charge is 0.447 e. The number of nitrogens with one attached hydrogen (secondary N) is 2. The zero-order chi connectivity index (χ0) is 12.5. The first-order valence-electron chi connectivity index (χ1n) is 5.72. The van der Waals surface area contributed by atoms with E-state index in [1.54, 1.807) is 6.07 Å². The molecular formula is C11H18N2O3S. The molecule has 2 N–H and O–H groups in total. The van der Waals surface area contributed by atoms with Gasteiger partial charge in [0.1, 0.15) is 5.76 Å². The standard InChI is InChI=1S/C11H18N2O3S/c1-11(6-3-7-11)13-8-9-4-5-10(16-9)17(14,15)12-2/h4-5,12-13H,3,6-8H2,1-2H3. The summed E-state index contributed by atoms with van der Waals surface area (Å²) in [7, 11) is -2.10. The average molecular weight is 258 g/mol. The fourth-order valence-corrected chi connectivity index (χ4v) is 2.55. The van der Waals surface area contributed by atoms with Crippen LogP contribution in [0.5, 0.6) is 0 Å². The van der Waals surface area contributed by atoms with Crippen LogP contribution in [-0.4, -0.2) is 21.0 Å². The summed E-state index contributed by atoms with van der Waals surface area (Å²) in [5, 5.41) is 3.35. The lowest BCUT2D eigenvalue weighted by molar-refractivity contribution is 0.199. The van der Waals surface area contributed by atoms with Crippen molar-refractivity contribution in [2.75, 3.05) is 7.05 Å². The molecule has 1 aliphatic carbocycles. The number of hydrogen-bond donors (Lipinski definition) is 2. The third-order valence-corrected chi connectivity index (χ3v) is 4.60. The highest BCUT2D eigenvalue weighted by atomic mass is 32.2. The summed E-state index contributed by atoms with van der Waals surface area (Å²) in [6, 6.07) is 3.17. The van der Waals surface area contributed by atoms with Gasteiger partial charge in [0.2, 0.25) is 5.09 Å². The van der Waals surface area contributed by atoms with Crippen LogP contribution in [0.3, 0.4) is 0 Å². The molecule has 6 heteroatoms. The van der Waals surface area contributed by atoms with Crippen molar-refractivity contribution in [1.29, 1.82) is 0 Å². The summed E-state index contributed by atoms with van der Waals surface area (Å²) < 4.78 is 30.4. The van der Waals surface area contributed by atoms with Crippen molar-refractivity contribution in [1.82, 2.24) is 10.0 Å². The summed E-state index contributed by atoms with van der Waals surface area (Å²) in [6.45, 7) is 2.74. The van der Waals surface area contributed by atoms with Crippen molar-refractivity contribution in [2.45, 2.75) is 43.4 Å². The van der Waals surface area contributed by atoms with Gasteiger partial charge in [-0.1, -0.05) is 0 Å². The van der Waals surface area contributed by atoms with Crippen LogP contribution in [0.4, 0.5) is 0 Å². The molecule has 1 aromatic rings. The van der Waals surface area contributed by atoms with Crippen molar-refractivity contribution in [2.24, 2.45) is 0 Å². The van der Waals surface area contributed by atoms with Gasteiger partial charge < -0.3 is 9.73 Å². The van der Waals surface area contributed by atoms with Crippen LogP contribution in [-0.2, 0) is 16.6 Å². The van der Waals surface area contributed by atoms with E-state index >= 15 is 0 Å². The fraction of sp³-hybridized carbons (Fsp3) is 0.636. The molecule has 1 fully saturated rings. The molecule has 0 aliphatic heterocycles. The summed E-state index contributed by atoms with van der Waals surface area (Å²) in [6.07, 6.45) is 3.58. The molecule has 5 nitrogen and oxygen atoms in total. The maximum atomic E-state index is 11.5. The van der Waals surface area contributed by atoms with Crippen molar-refractivity contribution < 1.29 is 12.8 Å². The topological polar surface area (TPSA) is 71.3 Å². The SMILES string of the molecule is CNS(=O)(=O)c1ccc(CNC2(C)CCC2)o1. The van der Waals surface area contributed by atoms with Gasteiger partial charge in [-0.05, 0) is 45.4 Å². The summed E-state index contributed by atoms with van der Waals surface area (Å²) in [5.74, 6) is 0.645. The van der Waals surface area contributed by atoms with Crippen molar-refractivity contribution in [3.05, 3.63) is 17.9 Å². The van der Waals surface area contributed by atoms with Gasteiger partial charge in [-0.25, -0.2) is 13.1 Å². The van der Waals surface area contributed by atoms with E-state index in [0.717, 1.165) is 12.8 Å². The molecule has 0 aromatic carbocycles. The van der Waals surface area contributed by atoms with E-state index in [9.17, 15) is 8.42 Å². The lowest BCUT2D eigenvalue weighted by atomic mass is 9.78. The highest BCUT2D eigenvalue weighted by Gasteiger charge is 2.31. The molecule has 96 valence electrons. The van der Waals surface area contributed by atoms with Gasteiger partial charge in [-0.15, -0.1) is 0 Å². The molecule has 0 spiro atoms. The predicted octanol–water partition coefficient (Wildman–Crippen LogP) is 1.22. The monoisotopic (exact) mass is 258 g/mol. The first-order valence-corrected chi connectivity index (χ1v) is 7.21. The van der Waals surface area contributed by atoms with Crippen LogP contribution in [0, 0.1) is 0 Å². The Morgan fingerprint density at radius 1 is 1.41 bits per heavy atom.